The second kappa shape index (κ2) is 8.44. The normalized spacial score (nSPS) is 14.4. The number of piperazine rings is 1. The lowest BCUT2D eigenvalue weighted by atomic mass is 10.1. The van der Waals surface area contributed by atoms with E-state index in [-0.39, 0.29) is 17.9 Å². The van der Waals surface area contributed by atoms with Crippen LogP contribution in [0.2, 0.25) is 5.02 Å². The SMILES string of the molecule is CC(C)NC(=O)c1cccc(C(=O)N2CCN(c3cccc(Cl)c3)CC2)c1. The van der Waals surface area contributed by atoms with Gasteiger partial charge in [0.05, 0.1) is 0 Å². The van der Waals surface area contributed by atoms with Crippen LogP contribution in [0, 0.1) is 0 Å². The van der Waals surface area contributed by atoms with Gasteiger partial charge in [-0.05, 0) is 50.2 Å². The molecule has 0 aromatic heterocycles. The first kappa shape index (κ1) is 19.2. The fourth-order valence-corrected chi connectivity index (χ4v) is 3.35. The average Bonchev–Trinajstić information content (AvgIpc) is 2.67. The number of halogens is 1. The van der Waals surface area contributed by atoms with Crippen LogP contribution in [0.4, 0.5) is 5.69 Å². The third kappa shape index (κ3) is 4.80. The lowest BCUT2D eigenvalue weighted by molar-refractivity contribution is 0.0747. The van der Waals surface area contributed by atoms with E-state index in [9.17, 15) is 9.59 Å². The van der Waals surface area contributed by atoms with E-state index in [0.29, 0.717) is 29.2 Å². The van der Waals surface area contributed by atoms with Gasteiger partial charge in [-0.3, -0.25) is 9.59 Å². The summed E-state index contributed by atoms with van der Waals surface area (Å²) in [6, 6.07) is 14.7. The number of nitrogens with one attached hydrogen (secondary N) is 1. The highest BCUT2D eigenvalue weighted by molar-refractivity contribution is 6.30. The van der Waals surface area contributed by atoms with Gasteiger partial charge in [0.15, 0.2) is 0 Å². The second-order valence-corrected chi connectivity index (χ2v) is 7.40. The molecule has 1 fully saturated rings. The van der Waals surface area contributed by atoms with Crippen molar-refractivity contribution in [3.8, 4) is 0 Å². The molecule has 0 spiro atoms. The van der Waals surface area contributed by atoms with Crippen LogP contribution in [0.15, 0.2) is 48.5 Å². The molecule has 5 nitrogen and oxygen atoms in total. The van der Waals surface area contributed by atoms with Crippen LogP contribution in [-0.2, 0) is 0 Å². The number of nitrogens with zero attached hydrogens (tertiary/aromatic N) is 2. The molecule has 1 N–H and O–H groups in total. The highest BCUT2D eigenvalue weighted by atomic mass is 35.5. The van der Waals surface area contributed by atoms with Crippen molar-refractivity contribution in [2.45, 2.75) is 19.9 Å². The summed E-state index contributed by atoms with van der Waals surface area (Å²) in [6.45, 7) is 6.58. The molecule has 1 heterocycles. The molecule has 0 aliphatic carbocycles. The predicted molar refractivity (Wildman–Crippen MR) is 109 cm³/mol. The highest BCUT2D eigenvalue weighted by Gasteiger charge is 2.23. The third-order valence-corrected chi connectivity index (χ3v) is 4.77. The number of rotatable bonds is 4. The molecule has 0 atom stereocenters. The summed E-state index contributed by atoms with van der Waals surface area (Å²) in [7, 11) is 0. The van der Waals surface area contributed by atoms with Gasteiger partial charge in [0, 0.05) is 54.1 Å². The quantitative estimate of drug-likeness (QED) is 0.877. The maximum atomic E-state index is 12.8. The summed E-state index contributed by atoms with van der Waals surface area (Å²) in [4.78, 5) is 29.1. The topological polar surface area (TPSA) is 52.7 Å². The van der Waals surface area contributed by atoms with E-state index in [1.807, 2.05) is 43.0 Å². The number of hydrogen-bond acceptors (Lipinski definition) is 3. The van der Waals surface area contributed by atoms with Crippen molar-refractivity contribution < 1.29 is 9.59 Å². The maximum absolute atomic E-state index is 12.8. The highest BCUT2D eigenvalue weighted by Crippen LogP contribution is 2.21. The van der Waals surface area contributed by atoms with Crippen LogP contribution in [0.3, 0.4) is 0 Å². The standard InChI is InChI=1S/C21H24ClN3O2/c1-15(2)23-20(26)16-5-3-6-17(13-16)21(27)25-11-9-24(10-12-25)19-8-4-7-18(22)14-19/h3-8,13-15H,9-12H2,1-2H3,(H,23,26). The molecule has 2 aromatic carbocycles. The zero-order valence-corrected chi connectivity index (χ0v) is 16.4. The van der Waals surface area contributed by atoms with Gasteiger partial charge in [-0.1, -0.05) is 23.7 Å². The Morgan fingerprint density at radius 1 is 0.963 bits per heavy atom. The van der Waals surface area contributed by atoms with E-state index in [1.54, 1.807) is 24.3 Å². The average molecular weight is 386 g/mol. The molecule has 0 radical (unpaired) electrons. The molecule has 0 bridgehead atoms. The Morgan fingerprint density at radius 2 is 1.63 bits per heavy atom. The molecule has 0 unspecified atom stereocenters. The molecular formula is C21H24ClN3O2. The van der Waals surface area contributed by atoms with Crippen molar-refractivity contribution in [2.24, 2.45) is 0 Å². The van der Waals surface area contributed by atoms with Gasteiger partial charge in [0.2, 0.25) is 0 Å². The summed E-state index contributed by atoms with van der Waals surface area (Å²) in [5.74, 6) is -0.203. The summed E-state index contributed by atoms with van der Waals surface area (Å²) in [5.41, 5.74) is 2.12. The van der Waals surface area contributed by atoms with Gasteiger partial charge < -0.3 is 15.1 Å². The molecule has 1 aliphatic heterocycles. The van der Waals surface area contributed by atoms with Crippen LogP contribution in [-0.4, -0.2) is 48.9 Å². The van der Waals surface area contributed by atoms with Crippen molar-refractivity contribution in [3.05, 3.63) is 64.7 Å². The van der Waals surface area contributed by atoms with E-state index in [1.165, 1.54) is 0 Å². The summed E-state index contributed by atoms with van der Waals surface area (Å²) in [5, 5.41) is 3.56. The summed E-state index contributed by atoms with van der Waals surface area (Å²) >= 11 is 6.07. The molecule has 1 aliphatic rings. The molecule has 3 rings (SSSR count). The first-order valence-corrected chi connectivity index (χ1v) is 9.52. The molecule has 142 valence electrons. The van der Waals surface area contributed by atoms with E-state index < -0.39 is 0 Å². The maximum Gasteiger partial charge on any atom is 0.253 e. The Kier molecular flexibility index (Phi) is 6.01. The molecule has 6 heteroatoms. The number of hydrogen-bond donors (Lipinski definition) is 1. The van der Waals surface area contributed by atoms with Crippen LogP contribution in [0.1, 0.15) is 34.6 Å². The zero-order valence-electron chi connectivity index (χ0n) is 15.6. The van der Waals surface area contributed by atoms with Gasteiger partial charge in [-0.2, -0.15) is 0 Å². The first-order valence-electron chi connectivity index (χ1n) is 9.15. The van der Waals surface area contributed by atoms with E-state index in [2.05, 4.69) is 10.2 Å². The number of amides is 2. The third-order valence-electron chi connectivity index (χ3n) is 4.53. The minimum Gasteiger partial charge on any atom is -0.368 e. The summed E-state index contributed by atoms with van der Waals surface area (Å²) in [6.07, 6.45) is 0. The smallest absolute Gasteiger partial charge is 0.253 e. The largest absolute Gasteiger partial charge is 0.368 e. The van der Waals surface area contributed by atoms with Gasteiger partial charge in [0.25, 0.3) is 11.8 Å². The van der Waals surface area contributed by atoms with Crippen LogP contribution < -0.4 is 10.2 Å². The van der Waals surface area contributed by atoms with Gasteiger partial charge in [-0.25, -0.2) is 0 Å². The number of anilines is 1. The Morgan fingerprint density at radius 3 is 2.30 bits per heavy atom. The molecular weight excluding hydrogens is 362 g/mol. The van der Waals surface area contributed by atoms with Crippen molar-refractivity contribution in [1.29, 1.82) is 0 Å². The minimum atomic E-state index is -0.162. The first-order chi connectivity index (χ1) is 12.9. The molecule has 0 saturated carbocycles. The minimum absolute atomic E-state index is 0.0417. The Hall–Kier alpha value is -2.53. The van der Waals surface area contributed by atoms with Gasteiger partial charge >= 0.3 is 0 Å². The zero-order chi connectivity index (χ0) is 19.4. The van der Waals surface area contributed by atoms with Crippen LogP contribution >= 0.6 is 11.6 Å². The van der Waals surface area contributed by atoms with Crippen molar-refractivity contribution in [1.82, 2.24) is 10.2 Å². The summed E-state index contributed by atoms with van der Waals surface area (Å²) < 4.78 is 0. The van der Waals surface area contributed by atoms with E-state index >= 15 is 0 Å². The number of carbonyl (C=O) groups is 2. The van der Waals surface area contributed by atoms with E-state index in [0.717, 1.165) is 18.8 Å². The van der Waals surface area contributed by atoms with Crippen LogP contribution in [0.5, 0.6) is 0 Å². The van der Waals surface area contributed by atoms with Gasteiger partial charge in [-0.15, -0.1) is 0 Å². The Balaban J connectivity index is 1.65. The lowest BCUT2D eigenvalue weighted by Gasteiger charge is -2.36. The van der Waals surface area contributed by atoms with Crippen molar-refractivity contribution in [3.63, 3.8) is 0 Å². The lowest BCUT2D eigenvalue weighted by Crippen LogP contribution is -2.48. The van der Waals surface area contributed by atoms with Crippen molar-refractivity contribution >= 4 is 29.1 Å². The molecule has 2 amide bonds. The fourth-order valence-electron chi connectivity index (χ4n) is 3.16. The van der Waals surface area contributed by atoms with E-state index in [4.69, 9.17) is 11.6 Å². The Labute approximate surface area is 164 Å². The fraction of sp³-hybridized carbons (Fsp3) is 0.333. The molecule has 2 aromatic rings. The van der Waals surface area contributed by atoms with Gasteiger partial charge in [0.1, 0.15) is 0 Å². The Bertz CT molecular complexity index is 830. The predicted octanol–water partition coefficient (Wildman–Crippen LogP) is 3.44. The van der Waals surface area contributed by atoms with Crippen molar-refractivity contribution in [2.75, 3.05) is 31.1 Å². The molecule has 27 heavy (non-hydrogen) atoms. The second-order valence-electron chi connectivity index (χ2n) is 6.97. The van der Waals surface area contributed by atoms with Crippen LogP contribution in [0.25, 0.3) is 0 Å². The number of benzene rings is 2. The monoisotopic (exact) mass is 385 g/mol. The number of carbonyl (C=O) groups excluding carboxylic acids is 2. The molecule has 1 saturated heterocycles.